The van der Waals surface area contributed by atoms with Crippen molar-refractivity contribution in [3.8, 4) is 16.9 Å². The van der Waals surface area contributed by atoms with Crippen LogP contribution < -0.4 is 4.74 Å². The summed E-state index contributed by atoms with van der Waals surface area (Å²) >= 11 is 0. The van der Waals surface area contributed by atoms with Crippen LogP contribution in [0.3, 0.4) is 0 Å². The first-order chi connectivity index (χ1) is 13.6. The molecule has 1 N–H and O–H groups in total. The van der Waals surface area contributed by atoms with E-state index in [1.807, 2.05) is 42.5 Å². The monoisotopic (exact) mass is 412 g/mol. The molecule has 0 bridgehead atoms. The highest BCUT2D eigenvalue weighted by Crippen LogP contribution is 2.31. The van der Waals surface area contributed by atoms with Crippen LogP contribution in [0.25, 0.3) is 22.0 Å². The molecule has 0 aliphatic carbocycles. The lowest BCUT2D eigenvalue weighted by atomic mass is 10.0. The number of halogens is 3. The second-order valence-electron chi connectivity index (χ2n) is 5.70. The summed E-state index contributed by atoms with van der Waals surface area (Å²) < 4.78 is 43.4. The Balaban J connectivity index is 0.000000489. The molecule has 2 aromatic carbocycles. The lowest BCUT2D eigenvalue weighted by Gasteiger charge is -2.05. The molecule has 0 aliphatic rings. The van der Waals surface area contributed by atoms with Crippen LogP contribution in [0.5, 0.6) is 5.75 Å². The molecule has 0 spiro atoms. The predicted octanol–water partition coefficient (Wildman–Crippen LogP) is 3.91. The van der Waals surface area contributed by atoms with E-state index in [2.05, 4.69) is 5.10 Å². The highest BCUT2D eigenvalue weighted by Gasteiger charge is 2.38. The number of fused-ring (bicyclic) bond motifs is 1. The number of carbonyl (C=O) groups is 2. The van der Waals surface area contributed by atoms with Crippen LogP contribution in [0.15, 0.2) is 42.5 Å². The summed E-state index contributed by atoms with van der Waals surface area (Å²) in [5.74, 6) is -2.38. The van der Waals surface area contributed by atoms with Gasteiger partial charge in [-0.25, -0.2) is 9.59 Å². The van der Waals surface area contributed by atoms with Crippen molar-refractivity contribution in [2.75, 3.05) is 14.2 Å². The van der Waals surface area contributed by atoms with Gasteiger partial charge in [0.05, 0.1) is 14.2 Å². The fraction of sp³-hybridized carbons (Fsp3) is 0.211. The van der Waals surface area contributed by atoms with Gasteiger partial charge < -0.3 is 14.6 Å². The Morgan fingerprint density at radius 2 is 1.76 bits per heavy atom. The van der Waals surface area contributed by atoms with E-state index in [-0.39, 0.29) is 1.43 Å². The lowest BCUT2D eigenvalue weighted by molar-refractivity contribution is -0.192. The summed E-state index contributed by atoms with van der Waals surface area (Å²) in [5.41, 5.74) is 3.14. The van der Waals surface area contributed by atoms with Crippen LogP contribution in [-0.2, 0) is 16.6 Å². The van der Waals surface area contributed by atoms with Gasteiger partial charge in [0.2, 0.25) is 0 Å². The summed E-state index contributed by atoms with van der Waals surface area (Å²) in [6.45, 7) is 0. The number of rotatable bonds is 3. The average Bonchev–Trinajstić information content (AvgIpc) is 3.03. The van der Waals surface area contributed by atoms with Crippen LogP contribution in [0, 0.1) is 0 Å². The molecule has 7 nitrogen and oxygen atoms in total. The van der Waals surface area contributed by atoms with E-state index >= 15 is 0 Å². The minimum absolute atomic E-state index is 0. The number of carbonyl (C=O) groups excluding carboxylic acids is 1. The van der Waals surface area contributed by atoms with Crippen molar-refractivity contribution >= 4 is 22.8 Å². The second kappa shape index (κ2) is 8.63. The number of ether oxygens (including phenoxy) is 2. The number of hydrogen-bond acceptors (Lipinski definition) is 5. The topological polar surface area (TPSA) is 90.7 Å². The average molecular weight is 412 g/mol. The molecule has 0 aliphatic heterocycles. The van der Waals surface area contributed by atoms with Crippen molar-refractivity contribution in [2.45, 2.75) is 6.18 Å². The van der Waals surface area contributed by atoms with Crippen LogP contribution in [0.2, 0.25) is 0 Å². The van der Waals surface area contributed by atoms with E-state index in [1.165, 1.54) is 7.11 Å². The van der Waals surface area contributed by atoms with Crippen molar-refractivity contribution in [2.24, 2.45) is 7.05 Å². The molecule has 0 atom stereocenters. The molecule has 0 fully saturated rings. The molecule has 3 rings (SSSR count). The van der Waals surface area contributed by atoms with E-state index in [9.17, 15) is 18.0 Å². The van der Waals surface area contributed by atoms with Crippen molar-refractivity contribution in [1.82, 2.24) is 9.78 Å². The zero-order valence-electron chi connectivity index (χ0n) is 15.6. The Kier molecular flexibility index (Phi) is 6.47. The minimum atomic E-state index is -5.08. The van der Waals surface area contributed by atoms with Gasteiger partial charge in [0.25, 0.3) is 0 Å². The number of benzene rings is 2. The first kappa shape index (κ1) is 21.7. The number of aryl methyl sites for hydroxylation is 1. The number of carboxylic acids is 1. The smallest absolute Gasteiger partial charge is 0.490 e. The molecule has 0 radical (unpaired) electrons. The Morgan fingerprint density at radius 3 is 2.31 bits per heavy atom. The number of aromatic nitrogens is 2. The van der Waals surface area contributed by atoms with Crippen molar-refractivity contribution in [3.63, 3.8) is 0 Å². The number of esters is 1. The summed E-state index contributed by atoms with van der Waals surface area (Å²) in [6, 6.07) is 13.5. The minimum Gasteiger partial charge on any atom is -0.497 e. The number of alkyl halides is 3. The molecule has 10 heteroatoms. The second-order valence-corrected chi connectivity index (χ2v) is 5.70. The van der Waals surface area contributed by atoms with E-state index in [0.717, 1.165) is 27.8 Å². The van der Waals surface area contributed by atoms with E-state index in [1.54, 1.807) is 18.8 Å². The maximum atomic E-state index is 12.0. The molecule has 1 aromatic heterocycles. The number of methoxy groups -OCH3 is 2. The molecule has 0 amide bonds. The predicted molar refractivity (Wildman–Crippen MR) is 99.8 cm³/mol. The van der Waals surface area contributed by atoms with E-state index < -0.39 is 18.1 Å². The first-order valence-corrected chi connectivity index (χ1v) is 8.08. The molecular formula is C19H19F3N2O5. The summed E-state index contributed by atoms with van der Waals surface area (Å²) in [6.07, 6.45) is -5.08. The maximum absolute atomic E-state index is 12.0. The molecule has 0 saturated heterocycles. The molecule has 1 heterocycles. The van der Waals surface area contributed by atoms with Crippen LogP contribution in [0.4, 0.5) is 13.2 Å². The van der Waals surface area contributed by atoms with Crippen molar-refractivity contribution < 1.29 is 38.8 Å². The lowest BCUT2D eigenvalue weighted by Crippen LogP contribution is -2.21. The van der Waals surface area contributed by atoms with Gasteiger partial charge in [-0.2, -0.15) is 18.3 Å². The summed E-state index contributed by atoms with van der Waals surface area (Å²) in [7, 11) is 4.74. The van der Waals surface area contributed by atoms with Crippen LogP contribution in [0.1, 0.15) is 11.9 Å². The number of nitrogens with zero attached hydrogens (tertiary/aromatic N) is 2. The van der Waals surface area contributed by atoms with Crippen LogP contribution in [-0.4, -0.2) is 47.2 Å². The van der Waals surface area contributed by atoms with Gasteiger partial charge >= 0.3 is 18.1 Å². The zero-order chi connectivity index (χ0) is 21.8. The SMILES string of the molecule is COC(=O)c1c2cccc(-c3cccc(OC)c3)c2nn1C.O=C(O)C(F)(F)F.[HH]. The quantitative estimate of drug-likeness (QED) is 0.656. The third-order valence-electron chi connectivity index (χ3n) is 3.87. The summed E-state index contributed by atoms with van der Waals surface area (Å²) in [4.78, 5) is 20.9. The molecule has 0 unspecified atom stereocenters. The van der Waals surface area contributed by atoms with Gasteiger partial charge in [0.1, 0.15) is 11.3 Å². The number of hydrogen-bond donors (Lipinski definition) is 1. The third kappa shape index (κ3) is 4.84. The van der Waals surface area contributed by atoms with Gasteiger partial charge in [-0.3, -0.25) is 4.68 Å². The first-order valence-electron chi connectivity index (χ1n) is 8.08. The standard InChI is InChI=1S/C17H16N2O3.C2HF3O2.H2/c1-19-16(17(20)22-3)14-9-5-8-13(15(14)18-19)11-6-4-7-12(10-11)21-2;3-2(4,5)1(6)7;/h4-10H,1-3H3;(H,6,7);1H. The van der Waals surface area contributed by atoms with Gasteiger partial charge in [-0.1, -0.05) is 30.3 Å². The molecular weight excluding hydrogens is 393 g/mol. The molecule has 0 saturated carbocycles. The van der Waals surface area contributed by atoms with E-state index in [0.29, 0.717) is 5.69 Å². The summed E-state index contributed by atoms with van der Waals surface area (Å²) in [5, 5.41) is 12.4. The number of carboxylic acid groups (broad SMARTS) is 1. The van der Waals surface area contributed by atoms with Crippen molar-refractivity contribution in [1.29, 1.82) is 0 Å². The van der Waals surface area contributed by atoms with Gasteiger partial charge in [-0.15, -0.1) is 0 Å². The zero-order valence-corrected chi connectivity index (χ0v) is 15.6. The maximum Gasteiger partial charge on any atom is 0.490 e. The van der Waals surface area contributed by atoms with E-state index in [4.69, 9.17) is 19.4 Å². The van der Waals surface area contributed by atoms with Gasteiger partial charge in [0.15, 0.2) is 5.69 Å². The molecule has 29 heavy (non-hydrogen) atoms. The molecule has 3 aromatic rings. The van der Waals surface area contributed by atoms with Crippen molar-refractivity contribution in [3.05, 3.63) is 48.2 Å². The molecule has 156 valence electrons. The number of aliphatic carboxylic acids is 1. The third-order valence-corrected chi connectivity index (χ3v) is 3.87. The Morgan fingerprint density at radius 1 is 1.14 bits per heavy atom. The Hall–Kier alpha value is -3.56. The fourth-order valence-electron chi connectivity index (χ4n) is 2.58. The van der Waals surface area contributed by atoms with Gasteiger partial charge in [0, 0.05) is 19.4 Å². The fourth-order valence-corrected chi connectivity index (χ4v) is 2.58. The van der Waals surface area contributed by atoms with Gasteiger partial charge in [-0.05, 0) is 17.7 Å². The largest absolute Gasteiger partial charge is 0.497 e. The van der Waals surface area contributed by atoms with Crippen LogP contribution >= 0.6 is 0 Å². The Labute approximate surface area is 164 Å². The normalized spacial score (nSPS) is 10.8. The highest BCUT2D eigenvalue weighted by molar-refractivity contribution is 6.06. The Bertz CT molecular complexity index is 1050. The highest BCUT2D eigenvalue weighted by atomic mass is 19.4.